The fourth-order valence-corrected chi connectivity index (χ4v) is 3.77. The Balaban J connectivity index is 1.82. The predicted molar refractivity (Wildman–Crippen MR) is 110 cm³/mol. The van der Waals surface area contributed by atoms with Crippen LogP contribution in [0.15, 0.2) is 53.5 Å². The zero-order chi connectivity index (χ0) is 19.3. The van der Waals surface area contributed by atoms with Gasteiger partial charge in [-0.1, -0.05) is 18.2 Å². The molecule has 0 radical (unpaired) electrons. The standard InChI is InChI=1S/C21H25N5O2/c27-14-4-13-25-19(28)8-7-16-15-23-21(24-20(16)25)26(17-5-2-1-3-6-17)18-9-11-22-12-10-18/h1-3,5-8,15,18,22,27H,4,9-14H2. The number of hydrogen-bond acceptors (Lipinski definition) is 6. The summed E-state index contributed by atoms with van der Waals surface area (Å²) in [5.74, 6) is 0.606. The molecular formula is C21H25N5O2. The minimum absolute atomic E-state index is 0.0337. The summed E-state index contributed by atoms with van der Waals surface area (Å²) in [6.07, 6.45) is 4.30. The second-order valence-corrected chi connectivity index (χ2v) is 7.04. The number of rotatable bonds is 6. The van der Waals surface area contributed by atoms with Gasteiger partial charge in [0.25, 0.3) is 5.56 Å². The number of aryl methyl sites for hydroxylation is 1. The number of piperidine rings is 1. The molecule has 0 saturated carbocycles. The van der Waals surface area contributed by atoms with Crippen molar-refractivity contribution in [1.29, 1.82) is 0 Å². The average molecular weight is 379 g/mol. The third kappa shape index (κ3) is 3.76. The third-order valence-electron chi connectivity index (χ3n) is 5.17. The number of para-hydroxylation sites is 1. The van der Waals surface area contributed by atoms with E-state index in [1.165, 1.54) is 6.07 Å². The van der Waals surface area contributed by atoms with E-state index in [1.54, 1.807) is 16.8 Å². The van der Waals surface area contributed by atoms with Crippen molar-refractivity contribution in [2.45, 2.75) is 31.8 Å². The maximum Gasteiger partial charge on any atom is 0.252 e. The number of nitrogens with zero attached hydrogens (tertiary/aromatic N) is 4. The monoisotopic (exact) mass is 379 g/mol. The van der Waals surface area contributed by atoms with Crippen LogP contribution < -0.4 is 15.8 Å². The molecule has 0 aliphatic carbocycles. The summed E-state index contributed by atoms with van der Waals surface area (Å²) >= 11 is 0. The summed E-state index contributed by atoms with van der Waals surface area (Å²) < 4.78 is 1.63. The van der Waals surface area contributed by atoms with E-state index >= 15 is 0 Å². The van der Waals surface area contributed by atoms with Crippen molar-refractivity contribution in [3.05, 3.63) is 59.0 Å². The smallest absolute Gasteiger partial charge is 0.252 e. The summed E-state index contributed by atoms with van der Waals surface area (Å²) in [7, 11) is 0. The molecule has 0 spiro atoms. The lowest BCUT2D eigenvalue weighted by Crippen LogP contribution is -2.41. The molecule has 4 rings (SSSR count). The van der Waals surface area contributed by atoms with E-state index in [2.05, 4.69) is 27.3 Å². The maximum atomic E-state index is 12.4. The molecule has 28 heavy (non-hydrogen) atoms. The van der Waals surface area contributed by atoms with E-state index in [9.17, 15) is 9.90 Å². The van der Waals surface area contributed by atoms with Gasteiger partial charge in [-0.2, -0.15) is 4.98 Å². The van der Waals surface area contributed by atoms with Crippen molar-refractivity contribution in [3.8, 4) is 0 Å². The van der Waals surface area contributed by atoms with Crippen molar-refractivity contribution < 1.29 is 5.11 Å². The Morgan fingerprint density at radius 3 is 2.68 bits per heavy atom. The Morgan fingerprint density at radius 2 is 1.93 bits per heavy atom. The first kappa shape index (κ1) is 18.6. The molecule has 7 heteroatoms. The second-order valence-electron chi connectivity index (χ2n) is 7.04. The van der Waals surface area contributed by atoms with Crippen LogP contribution in [0.2, 0.25) is 0 Å². The first-order valence-electron chi connectivity index (χ1n) is 9.80. The van der Waals surface area contributed by atoms with Gasteiger partial charge in [0.1, 0.15) is 5.65 Å². The summed E-state index contributed by atoms with van der Waals surface area (Å²) in [6, 6.07) is 13.8. The number of fused-ring (bicyclic) bond motifs is 1. The number of benzene rings is 1. The number of aromatic nitrogens is 3. The molecule has 1 fully saturated rings. The van der Waals surface area contributed by atoms with E-state index in [4.69, 9.17) is 4.98 Å². The van der Waals surface area contributed by atoms with E-state index in [1.807, 2.05) is 18.2 Å². The molecule has 0 bridgehead atoms. The zero-order valence-corrected chi connectivity index (χ0v) is 15.8. The van der Waals surface area contributed by atoms with Crippen LogP contribution in [0, 0.1) is 0 Å². The Bertz CT molecular complexity index is 983. The Morgan fingerprint density at radius 1 is 1.14 bits per heavy atom. The molecule has 3 heterocycles. The molecule has 0 atom stereocenters. The molecule has 2 aromatic heterocycles. The molecule has 1 aliphatic rings. The van der Waals surface area contributed by atoms with Gasteiger partial charge in [0.05, 0.1) is 0 Å². The normalized spacial score (nSPS) is 15.0. The number of hydrogen-bond donors (Lipinski definition) is 2. The molecule has 3 aromatic rings. The first-order chi connectivity index (χ1) is 13.8. The second kappa shape index (κ2) is 8.50. The number of aliphatic hydroxyl groups is 1. The van der Waals surface area contributed by atoms with E-state index in [0.29, 0.717) is 30.6 Å². The van der Waals surface area contributed by atoms with Crippen molar-refractivity contribution in [2.24, 2.45) is 0 Å². The lowest BCUT2D eigenvalue weighted by atomic mass is 10.0. The van der Waals surface area contributed by atoms with Crippen molar-refractivity contribution >= 4 is 22.7 Å². The zero-order valence-electron chi connectivity index (χ0n) is 15.8. The van der Waals surface area contributed by atoms with Crippen molar-refractivity contribution in [3.63, 3.8) is 0 Å². The highest BCUT2D eigenvalue weighted by Crippen LogP contribution is 2.29. The van der Waals surface area contributed by atoms with Crippen LogP contribution in [0.4, 0.5) is 11.6 Å². The van der Waals surface area contributed by atoms with Crippen molar-refractivity contribution in [1.82, 2.24) is 19.9 Å². The fraction of sp³-hybridized carbons (Fsp3) is 0.381. The van der Waals surface area contributed by atoms with Crippen LogP contribution in [0.1, 0.15) is 19.3 Å². The van der Waals surface area contributed by atoms with Crippen molar-refractivity contribution in [2.75, 3.05) is 24.6 Å². The fourth-order valence-electron chi connectivity index (χ4n) is 3.77. The van der Waals surface area contributed by atoms with Crippen LogP contribution in [0.3, 0.4) is 0 Å². The number of anilines is 2. The highest BCUT2D eigenvalue weighted by Gasteiger charge is 2.25. The van der Waals surface area contributed by atoms with E-state index in [0.717, 1.165) is 37.0 Å². The van der Waals surface area contributed by atoms with Gasteiger partial charge < -0.3 is 15.3 Å². The molecule has 2 N–H and O–H groups in total. The average Bonchev–Trinajstić information content (AvgIpc) is 2.75. The summed E-state index contributed by atoms with van der Waals surface area (Å²) in [4.78, 5) is 24.0. The molecule has 0 unspecified atom stereocenters. The molecular weight excluding hydrogens is 354 g/mol. The van der Waals surface area contributed by atoms with E-state index < -0.39 is 0 Å². The van der Waals surface area contributed by atoms with Gasteiger partial charge >= 0.3 is 0 Å². The highest BCUT2D eigenvalue weighted by atomic mass is 16.3. The van der Waals surface area contributed by atoms with Crippen LogP contribution in [0.25, 0.3) is 11.0 Å². The van der Waals surface area contributed by atoms with Gasteiger partial charge in [-0.05, 0) is 50.6 Å². The van der Waals surface area contributed by atoms with Crippen LogP contribution >= 0.6 is 0 Å². The summed E-state index contributed by atoms with van der Waals surface area (Å²) in [5.41, 5.74) is 1.55. The van der Waals surface area contributed by atoms with E-state index in [-0.39, 0.29) is 12.2 Å². The maximum absolute atomic E-state index is 12.4. The minimum Gasteiger partial charge on any atom is -0.396 e. The van der Waals surface area contributed by atoms with Crippen LogP contribution in [-0.2, 0) is 6.54 Å². The predicted octanol–water partition coefficient (Wildman–Crippen LogP) is 2.06. The Hall–Kier alpha value is -2.77. The van der Waals surface area contributed by atoms with Gasteiger partial charge in [0.15, 0.2) is 0 Å². The van der Waals surface area contributed by atoms with Gasteiger partial charge in [0, 0.05) is 42.5 Å². The minimum atomic E-state index is -0.112. The summed E-state index contributed by atoms with van der Waals surface area (Å²) in [5, 5.41) is 13.4. The van der Waals surface area contributed by atoms with Gasteiger partial charge in [-0.25, -0.2) is 4.98 Å². The highest BCUT2D eigenvalue weighted by molar-refractivity contribution is 5.76. The third-order valence-corrected chi connectivity index (χ3v) is 5.17. The van der Waals surface area contributed by atoms with Gasteiger partial charge in [0.2, 0.25) is 5.95 Å². The lowest BCUT2D eigenvalue weighted by molar-refractivity contribution is 0.280. The van der Waals surface area contributed by atoms with Crippen LogP contribution in [0.5, 0.6) is 0 Å². The molecule has 1 aromatic carbocycles. The Kier molecular flexibility index (Phi) is 5.64. The molecule has 1 aliphatic heterocycles. The topological polar surface area (TPSA) is 83.3 Å². The van der Waals surface area contributed by atoms with Gasteiger partial charge in [-0.15, -0.1) is 0 Å². The molecule has 1 saturated heterocycles. The summed E-state index contributed by atoms with van der Waals surface area (Å²) in [6.45, 7) is 2.39. The van der Waals surface area contributed by atoms with Gasteiger partial charge in [-0.3, -0.25) is 9.36 Å². The lowest BCUT2D eigenvalue weighted by Gasteiger charge is -2.34. The number of nitrogens with one attached hydrogen (secondary N) is 1. The SMILES string of the molecule is O=c1ccc2cnc(N(c3ccccc3)C3CCNCC3)nc2n1CCCO. The number of aliphatic hydroxyl groups excluding tert-OH is 1. The first-order valence-corrected chi connectivity index (χ1v) is 9.80. The molecule has 7 nitrogen and oxygen atoms in total. The quantitative estimate of drug-likeness (QED) is 0.682. The largest absolute Gasteiger partial charge is 0.396 e. The molecule has 0 amide bonds. The number of pyridine rings is 1. The molecule has 146 valence electrons. The Labute approximate surface area is 163 Å². The van der Waals surface area contributed by atoms with Crippen LogP contribution in [-0.4, -0.2) is 45.4 Å².